The molecule has 1 aromatic carbocycles. The SMILES string of the molecule is Cc1cc(C(F)(F)F)cc(C(=O)Cl)c1C=O. The van der Waals surface area contributed by atoms with Gasteiger partial charge in [-0.05, 0) is 36.2 Å². The van der Waals surface area contributed by atoms with Crippen LogP contribution in [-0.2, 0) is 6.18 Å². The van der Waals surface area contributed by atoms with Crippen LogP contribution in [0.4, 0.5) is 13.2 Å². The van der Waals surface area contributed by atoms with Gasteiger partial charge < -0.3 is 0 Å². The lowest BCUT2D eigenvalue weighted by Gasteiger charge is -2.11. The highest BCUT2D eigenvalue weighted by molar-refractivity contribution is 6.68. The Balaban J connectivity index is 3.52. The fraction of sp³-hybridized carbons (Fsp3) is 0.200. The van der Waals surface area contributed by atoms with Crippen LogP contribution in [0.15, 0.2) is 12.1 Å². The molecule has 0 atom stereocenters. The van der Waals surface area contributed by atoms with Gasteiger partial charge in [0.2, 0.25) is 0 Å². The zero-order valence-electron chi connectivity index (χ0n) is 8.06. The molecule has 0 bridgehead atoms. The zero-order valence-corrected chi connectivity index (χ0v) is 8.82. The number of aldehydes is 1. The van der Waals surface area contributed by atoms with E-state index >= 15 is 0 Å². The summed E-state index contributed by atoms with van der Waals surface area (Å²) in [6.07, 6.45) is -4.27. The van der Waals surface area contributed by atoms with Crippen molar-refractivity contribution in [2.75, 3.05) is 0 Å². The number of aryl methyl sites for hydroxylation is 1. The standard InChI is InChI=1S/C10H6ClF3O2/c1-5-2-6(10(12,13)14)3-7(9(11)16)8(5)4-15/h2-4H,1H3. The van der Waals surface area contributed by atoms with Gasteiger partial charge >= 0.3 is 6.18 Å². The van der Waals surface area contributed by atoms with Crippen LogP contribution in [0.1, 0.15) is 31.8 Å². The van der Waals surface area contributed by atoms with Crippen molar-refractivity contribution in [3.8, 4) is 0 Å². The third-order valence-corrected chi connectivity index (χ3v) is 2.25. The molecule has 1 aromatic rings. The Bertz CT molecular complexity index is 452. The molecule has 0 unspecified atom stereocenters. The highest BCUT2D eigenvalue weighted by atomic mass is 35.5. The van der Waals surface area contributed by atoms with Crippen LogP contribution in [0.25, 0.3) is 0 Å². The molecule has 1 rings (SSSR count). The van der Waals surface area contributed by atoms with Crippen molar-refractivity contribution in [3.05, 3.63) is 34.4 Å². The normalized spacial score (nSPS) is 11.3. The second kappa shape index (κ2) is 4.25. The molecule has 0 saturated carbocycles. The Labute approximate surface area is 94.0 Å². The minimum Gasteiger partial charge on any atom is -0.298 e. The van der Waals surface area contributed by atoms with Crippen LogP contribution in [0.3, 0.4) is 0 Å². The summed E-state index contributed by atoms with van der Waals surface area (Å²) in [5.74, 6) is 0. The van der Waals surface area contributed by atoms with Gasteiger partial charge in [0.15, 0.2) is 6.29 Å². The summed E-state index contributed by atoms with van der Waals surface area (Å²) in [6.45, 7) is 1.31. The van der Waals surface area contributed by atoms with Gasteiger partial charge in [0, 0.05) is 11.1 Å². The number of hydrogen-bond donors (Lipinski definition) is 0. The molecule has 2 nitrogen and oxygen atoms in total. The van der Waals surface area contributed by atoms with Gasteiger partial charge in [-0.15, -0.1) is 0 Å². The summed E-state index contributed by atoms with van der Waals surface area (Å²) < 4.78 is 37.2. The van der Waals surface area contributed by atoms with Gasteiger partial charge in [-0.2, -0.15) is 13.2 Å². The van der Waals surface area contributed by atoms with Crippen molar-refractivity contribution < 1.29 is 22.8 Å². The van der Waals surface area contributed by atoms with Crippen LogP contribution in [-0.4, -0.2) is 11.5 Å². The van der Waals surface area contributed by atoms with E-state index in [-0.39, 0.29) is 11.1 Å². The fourth-order valence-electron chi connectivity index (χ4n) is 1.28. The summed E-state index contributed by atoms with van der Waals surface area (Å²) in [4.78, 5) is 21.5. The maximum atomic E-state index is 12.4. The molecule has 0 saturated heterocycles. The second-order valence-electron chi connectivity index (χ2n) is 3.14. The number of alkyl halides is 3. The minimum absolute atomic E-state index is 0.0637. The van der Waals surface area contributed by atoms with E-state index in [0.717, 1.165) is 6.07 Å². The number of carbonyl (C=O) groups excluding carboxylic acids is 2. The van der Waals surface area contributed by atoms with Crippen LogP contribution in [0, 0.1) is 6.92 Å². The van der Waals surface area contributed by atoms with Crippen molar-refractivity contribution >= 4 is 23.1 Å². The second-order valence-corrected chi connectivity index (χ2v) is 3.49. The van der Waals surface area contributed by atoms with E-state index < -0.39 is 22.5 Å². The molecule has 0 N–H and O–H groups in total. The van der Waals surface area contributed by atoms with E-state index in [2.05, 4.69) is 0 Å². The molecular formula is C10H6ClF3O2. The van der Waals surface area contributed by atoms with Crippen LogP contribution in [0.5, 0.6) is 0 Å². The molecule has 0 aliphatic carbocycles. The first-order valence-corrected chi connectivity index (χ1v) is 4.52. The minimum atomic E-state index is -4.58. The van der Waals surface area contributed by atoms with E-state index in [9.17, 15) is 22.8 Å². The first-order valence-electron chi connectivity index (χ1n) is 4.14. The molecule has 6 heteroatoms. The molecule has 0 heterocycles. The van der Waals surface area contributed by atoms with Crippen molar-refractivity contribution in [1.29, 1.82) is 0 Å². The van der Waals surface area contributed by atoms with Crippen molar-refractivity contribution in [2.45, 2.75) is 13.1 Å². The number of halogens is 4. The molecule has 0 radical (unpaired) electrons. The lowest BCUT2D eigenvalue weighted by Crippen LogP contribution is -2.09. The number of carbonyl (C=O) groups is 2. The molecule has 0 spiro atoms. The maximum Gasteiger partial charge on any atom is 0.416 e. The topological polar surface area (TPSA) is 34.1 Å². The Morgan fingerprint density at radius 1 is 1.38 bits per heavy atom. The summed E-state index contributed by atoms with van der Waals surface area (Å²) in [5.41, 5.74) is -1.48. The fourth-order valence-corrected chi connectivity index (χ4v) is 1.44. The van der Waals surface area contributed by atoms with Crippen LogP contribution in [0.2, 0.25) is 0 Å². The number of hydrogen-bond acceptors (Lipinski definition) is 2. The predicted octanol–water partition coefficient (Wildman–Crippen LogP) is 3.21. The van der Waals surface area contributed by atoms with E-state index in [1.165, 1.54) is 6.92 Å². The molecule has 16 heavy (non-hydrogen) atoms. The Kier molecular flexibility index (Phi) is 3.38. The zero-order chi connectivity index (χ0) is 12.5. The molecule has 0 amide bonds. The van der Waals surface area contributed by atoms with Crippen molar-refractivity contribution in [2.24, 2.45) is 0 Å². The Morgan fingerprint density at radius 3 is 2.31 bits per heavy atom. The highest BCUT2D eigenvalue weighted by Crippen LogP contribution is 2.32. The lowest BCUT2D eigenvalue weighted by atomic mass is 9.99. The predicted molar refractivity (Wildman–Crippen MR) is 51.8 cm³/mol. The molecule has 86 valence electrons. The molecular weight excluding hydrogens is 245 g/mol. The first kappa shape index (κ1) is 12.7. The van der Waals surface area contributed by atoms with Crippen molar-refractivity contribution in [1.82, 2.24) is 0 Å². The van der Waals surface area contributed by atoms with Crippen LogP contribution < -0.4 is 0 Å². The quantitative estimate of drug-likeness (QED) is 0.597. The third kappa shape index (κ3) is 2.41. The third-order valence-electron chi connectivity index (χ3n) is 2.04. The van der Waals surface area contributed by atoms with Gasteiger partial charge in [-0.1, -0.05) is 0 Å². The summed E-state index contributed by atoms with van der Waals surface area (Å²) in [6, 6.07) is 1.37. The van der Waals surface area contributed by atoms with Crippen molar-refractivity contribution in [3.63, 3.8) is 0 Å². The van der Waals surface area contributed by atoms with Gasteiger partial charge in [0.1, 0.15) is 0 Å². The smallest absolute Gasteiger partial charge is 0.298 e. The number of rotatable bonds is 2. The Hall–Kier alpha value is -1.36. The highest BCUT2D eigenvalue weighted by Gasteiger charge is 2.32. The Morgan fingerprint density at radius 2 is 1.94 bits per heavy atom. The molecule has 0 fully saturated rings. The van der Waals surface area contributed by atoms with Gasteiger partial charge in [0.05, 0.1) is 5.56 Å². The van der Waals surface area contributed by atoms with E-state index in [4.69, 9.17) is 11.6 Å². The van der Waals surface area contributed by atoms with E-state index in [1.54, 1.807) is 0 Å². The van der Waals surface area contributed by atoms with Gasteiger partial charge in [-0.3, -0.25) is 9.59 Å². The van der Waals surface area contributed by atoms with E-state index in [1.807, 2.05) is 0 Å². The monoisotopic (exact) mass is 250 g/mol. The average Bonchev–Trinajstić information content (AvgIpc) is 2.14. The largest absolute Gasteiger partial charge is 0.416 e. The summed E-state index contributed by atoms with van der Waals surface area (Å²) >= 11 is 5.12. The number of benzene rings is 1. The lowest BCUT2D eigenvalue weighted by molar-refractivity contribution is -0.137. The molecule has 0 aliphatic heterocycles. The summed E-state index contributed by atoms with van der Waals surface area (Å²) in [7, 11) is 0. The summed E-state index contributed by atoms with van der Waals surface area (Å²) in [5, 5.41) is -1.09. The average molecular weight is 251 g/mol. The van der Waals surface area contributed by atoms with Gasteiger partial charge in [-0.25, -0.2) is 0 Å². The molecule has 0 aromatic heterocycles. The first-order chi connectivity index (χ1) is 7.27. The van der Waals surface area contributed by atoms with E-state index in [0.29, 0.717) is 12.4 Å². The molecule has 0 aliphatic rings. The maximum absolute atomic E-state index is 12.4. The van der Waals surface area contributed by atoms with Crippen LogP contribution >= 0.6 is 11.6 Å². The van der Waals surface area contributed by atoms with Gasteiger partial charge in [0.25, 0.3) is 5.24 Å².